The second-order valence-corrected chi connectivity index (χ2v) is 4.63. The third-order valence-electron chi connectivity index (χ3n) is 3.18. The van der Waals surface area contributed by atoms with E-state index in [1.54, 1.807) is 12.1 Å². The van der Waals surface area contributed by atoms with E-state index in [0.717, 1.165) is 19.6 Å². The molecule has 0 bridgehead atoms. The summed E-state index contributed by atoms with van der Waals surface area (Å²) in [5.74, 6) is -0.132. The van der Waals surface area contributed by atoms with Gasteiger partial charge in [0, 0.05) is 13.1 Å². The molecule has 0 unspecified atom stereocenters. The number of piperidine rings is 1. The highest BCUT2D eigenvalue weighted by Gasteiger charge is 2.10. The number of hydrogen-bond donors (Lipinski definition) is 2. The van der Waals surface area contributed by atoms with Crippen molar-refractivity contribution in [2.45, 2.75) is 19.3 Å². The molecule has 1 amide bonds. The van der Waals surface area contributed by atoms with Gasteiger partial charge in [-0.2, -0.15) is 0 Å². The number of aromatic nitrogens is 1. The molecule has 0 aromatic carbocycles. The van der Waals surface area contributed by atoms with Crippen LogP contribution in [0.25, 0.3) is 0 Å². The maximum atomic E-state index is 11.8. The van der Waals surface area contributed by atoms with Gasteiger partial charge < -0.3 is 16.0 Å². The van der Waals surface area contributed by atoms with Crippen molar-refractivity contribution in [1.82, 2.24) is 15.2 Å². The number of nitrogens with one attached hydrogen (secondary N) is 1. The van der Waals surface area contributed by atoms with Gasteiger partial charge in [0.25, 0.3) is 5.91 Å². The van der Waals surface area contributed by atoms with Crippen LogP contribution in [-0.2, 0) is 0 Å². The maximum absolute atomic E-state index is 11.8. The fourth-order valence-corrected chi connectivity index (χ4v) is 2.14. The van der Waals surface area contributed by atoms with Crippen LogP contribution in [0.2, 0.25) is 0 Å². The van der Waals surface area contributed by atoms with Crippen molar-refractivity contribution < 1.29 is 4.79 Å². The first kappa shape index (κ1) is 12.8. The minimum Gasteiger partial charge on any atom is -0.397 e. The van der Waals surface area contributed by atoms with Gasteiger partial charge in [-0.15, -0.1) is 0 Å². The van der Waals surface area contributed by atoms with Crippen LogP contribution >= 0.6 is 0 Å². The van der Waals surface area contributed by atoms with Crippen molar-refractivity contribution in [2.75, 3.05) is 31.9 Å². The lowest BCUT2D eigenvalue weighted by molar-refractivity contribution is 0.0941. The van der Waals surface area contributed by atoms with Gasteiger partial charge in [0.05, 0.1) is 11.9 Å². The molecule has 1 aliphatic rings. The third kappa shape index (κ3) is 3.70. The molecule has 2 heterocycles. The van der Waals surface area contributed by atoms with E-state index in [9.17, 15) is 4.79 Å². The van der Waals surface area contributed by atoms with Crippen LogP contribution in [0.5, 0.6) is 0 Å². The first-order valence-electron chi connectivity index (χ1n) is 6.48. The van der Waals surface area contributed by atoms with Gasteiger partial charge >= 0.3 is 0 Å². The summed E-state index contributed by atoms with van der Waals surface area (Å²) in [6, 6.07) is 3.33. The van der Waals surface area contributed by atoms with Crippen molar-refractivity contribution in [3.63, 3.8) is 0 Å². The van der Waals surface area contributed by atoms with Gasteiger partial charge in [-0.25, -0.2) is 4.98 Å². The molecule has 0 atom stereocenters. The highest BCUT2D eigenvalue weighted by molar-refractivity contribution is 5.92. The second kappa shape index (κ2) is 6.35. The molecule has 0 spiro atoms. The molecule has 1 saturated heterocycles. The molecular formula is C13H20N4O. The lowest BCUT2D eigenvalue weighted by atomic mass is 10.1. The predicted octanol–water partition coefficient (Wildman–Crippen LogP) is 0.879. The van der Waals surface area contributed by atoms with Crippen molar-refractivity contribution in [2.24, 2.45) is 0 Å². The summed E-state index contributed by atoms with van der Waals surface area (Å²) in [4.78, 5) is 18.1. The Kier molecular flexibility index (Phi) is 4.52. The standard InChI is InChI=1S/C13H20N4O/c14-11-4-5-12(16-10-11)13(18)15-6-9-17-7-2-1-3-8-17/h4-5,10H,1-3,6-9,14H2,(H,15,18). The Hall–Kier alpha value is -1.62. The van der Waals surface area contributed by atoms with Crippen molar-refractivity contribution >= 4 is 11.6 Å². The Bertz CT molecular complexity index is 384. The van der Waals surface area contributed by atoms with Crippen LogP contribution < -0.4 is 11.1 Å². The molecule has 2 rings (SSSR count). The zero-order valence-electron chi connectivity index (χ0n) is 10.6. The van der Waals surface area contributed by atoms with Gasteiger partial charge in [0.2, 0.25) is 0 Å². The quantitative estimate of drug-likeness (QED) is 0.829. The number of nitrogens with zero attached hydrogens (tertiary/aromatic N) is 2. The molecule has 0 radical (unpaired) electrons. The van der Waals surface area contributed by atoms with Crippen LogP contribution in [-0.4, -0.2) is 42.0 Å². The average molecular weight is 248 g/mol. The summed E-state index contributed by atoms with van der Waals surface area (Å²) in [6.07, 6.45) is 5.37. The number of pyridine rings is 1. The molecule has 1 aromatic heterocycles. The van der Waals surface area contributed by atoms with E-state index < -0.39 is 0 Å². The molecule has 98 valence electrons. The van der Waals surface area contributed by atoms with E-state index in [-0.39, 0.29) is 5.91 Å². The van der Waals surface area contributed by atoms with Gasteiger partial charge in [-0.3, -0.25) is 4.79 Å². The SMILES string of the molecule is Nc1ccc(C(=O)NCCN2CCCCC2)nc1. The molecule has 0 aliphatic carbocycles. The molecule has 1 fully saturated rings. The Morgan fingerprint density at radius 2 is 2.11 bits per heavy atom. The molecule has 5 nitrogen and oxygen atoms in total. The normalized spacial score (nSPS) is 16.4. The van der Waals surface area contributed by atoms with Crippen LogP contribution in [0.4, 0.5) is 5.69 Å². The fraction of sp³-hybridized carbons (Fsp3) is 0.538. The zero-order valence-corrected chi connectivity index (χ0v) is 10.6. The summed E-state index contributed by atoms with van der Waals surface area (Å²) in [5.41, 5.74) is 6.51. The van der Waals surface area contributed by atoms with E-state index in [4.69, 9.17) is 5.73 Å². The number of anilines is 1. The van der Waals surface area contributed by atoms with E-state index in [0.29, 0.717) is 17.9 Å². The van der Waals surface area contributed by atoms with Gasteiger partial charge in [0.15, 0.2) is 0 Å². The molecular weight excluding hydrogens is 228 g/mol. The monoisotopic (exact) mass is 248 g/mol. The fourth-order valence-electron chi connectivity index (χ4n) is 2.14. The van der Waals surface area contributed by atoms with Crippen molar-refractivity contribution in [3.8, 4) is 0 Å². The first-order chi connectivity index (χ1) is 8.75. The Balaban J connectivity index is 1.72. The molecule has 0 saturated carbocycles. The van der Waals surface area contributed by atoms with Crippen LogP contribution in [0.1, 0.15) is 29.8 Å². The molecule has 1 aliphatic heterocycles. The summed E-state index contributed by atoms with van der Waals surface area (Å²) in [7, 11) is 0. The van der Waals surface area contributed by atoms with E-state index >= 15 is 0 Å². The van der Waals surface area contributed by atoms with Gasteiger partial charge in [-0.1, -0.05) is 6.42 Å². The molecule has 18 heavy (non-hydrogen) atoms. The summed E-state index contributed by atoms with van der Waals surface area (Å²) >= 11 is 0. The smallest absolute Gasteiger partial charge is 0.269 e. The van der Waals surface area contributed by atoms with Gasteiger partial charge in [-0.05, 0) is 38.1 Å². The lowest BCUT2D eigenvalue weighted by Crippen LogP contribution is -2.37. The largest absolute Gasteiger partial charge is 0.397 e. The van der Waals surface area contributed by atoms with Crippen molar-refractivity contribution in [1.29, 1.82) is 0 Å². The summed E-state index contributed by atoms with van der Waals surface area (Å²) in [6.45, 7) is 3.89. The average Bonchev–Trinajstić information content (AvgIpc) is 2.40. The number of rotatable bonds is 4. The van der Waals surface area contributed by atoms with Crippen molar-refractivity contribution in [3.05, 3.63) is 24.0 Å². The van der Waals surface area contributed by atoms with Crippen LogP contribution in [0.3, 0.4) is 0 Å². The number of amides is 1. The van der Waals surface area contributed by atoms with Crippen LogP contribution in [0.15, 0.2) is 18.3 Å². The molecule has 1 aromatic rings. The topological polar surface area (TPSA) is 71.2 Å². The van der Waals surface area contributed by atoms with Gasteiger partial charge in [0.1, 0.15) is 5.69 Å². The zero-order chi connectivity index (χ0) is 12.8. The van der Waals surface area contributed by atoms with E-state index in [2.05, 4.69) is 15.2 Å². The molecule has 5 heteroatoms. The lowest BCUT2D eigenvalue weighted by Gasteiger charge is -2.26. The Labute approximate surface area is 107 Å². The predicted molar refractivity (Wildman–Crippen MR) is 71.3 cm³/mol. The number of likely N-dealkylation sites (tertiary alicyclic amines) is 1. The minimum atomic E-state index is -0.132. The van der Waals surface area contributed by atoms with E-state index in [1.807, 2.05) is 0 Å². The Morgan fingerprint density at radius 3 is 2.78 bits per heavy atom. The number of nitrogen functional groups attached to an aromatic ring is 1. The van der Waals surface area contributed by atoms with E-state index in [1.165, 1.54) is 25.5 Å². The number of nitrogens with two attached hydrogens (primary N) is 1. The maximum Gasteiger partial charge on any atom is 0.269 e. The highest BCUT2D eigenvalue weighted by Crippen LogP contribution is 2.07. The number of carbonyl (C=O) groups is 1. The summed E-state index contributed by atoms with van der Waals surface area (Å²) in [5, 5.41) is 2.88. The second-order valence-electron chi connectivity index (χ2n) is 4.63. The molecule has 3 N–H and O–H groups in total. The number of hydrogen-bond acceptors (Lipinski definition) is 4. The Morgan fingerprint density at radius 1 is 1.33 bits per heavy atom. The highest BCUT2D eigenvalue weighted by atomic mass is 16.1. The first-order valence-corrected chi connectivity index (χ1v) is 6.48. The summed E-state index contributed by atoms with van der Waals surface area (Å²) < 4.78 is 0. The minimum absolute atomic E-state index is 0.132. The number of carbonyl (C=O) groups excluding carboxylic acids is 1. The van der Waals surface area contributed by atoms with Crippen LogP contribution in [0, 0.1) is 0 Å². The third-order valence-corrected chi connectivity index (χ3v) is 3.18.